The minimum Gasteiger partial charge on any atom is -0.360 e. The molecule has 0 aliphatic rings. The summed E-state index contributed by atoms with van der Waals surface area (Å²) < 4.78 is 4.42. The van der Waals surface area contributed by atoms with Crippen LogP contribution in [0, 0.1) is 6.92 Å². The fourth-order valence-corrected chi connectivity index (χ4v) is 2.83. The summed E-state index contributed by atoms with van der Waals surface area (Å²) in [5.74, 6) is 0.899. The standard InChI is InChI=1S/C16H24N4S/c1-13-7-6-8-14(11-13)12-15-19-16(21-20-15)18-10-5-3-2-4-9-17/h6-8,11H,2-5,9-10,12,17H2,1H3,(H,18,19,20). The number of hydrogen-bond acceptors (Lipinski definition) is 5. The molecule has 0 saturated heterocycles. The van der Waals surface area contributed by atoms with Gasteiger partial charge in [0.15, 0.2) is 0 Å². The topological polar surface area (TPSA) is 63.8 Å². The van der Waals surface area contributed by atoms with Gasteiger partial charge in [0.2, 0.25) is 5.13 Å². The van der Waals surface area contributed by atoms with Gasteiger partial charge in [0.25, 0.3) is 0 Å². The van der Waals surface area contributed by atoms with E-state index in [1.54, 1.807) is 0 Å². The van der Waals surface area contributed by atoms with Crippen LogP contribution < -0.4 is 11.1 Å². The van der Waals surface area contributed by atoms with Crippen LogP contribution in [0.3, 0.4) is 0 Å². The molecule has 0 aliphatic heterocycles. The molecule has 0 bridgehead atoms. The Morgan fingerprint density at radius 2 is 2.05 bits per heavy atom. The summed E-state index contributed by atoms with van der Waals surface area (Å²) in [7, 11) is 0. The second kappa shape index (κ2) is 8.74. The van der Waals surface area contributed by atoms with Crippen LogP contribution in [0.25, 0.3) is 0 Å². The fraction of sp³-hybridized carbons (Fsp3) is 0.500. The van der Waals surface area contributed by atoms with Gasteiger partial charge in [-0.2, -0.15) is 4.37 Å². The van der Waals surface area contributed by atoms with Crippen LogP contribution in [-0.2, 0) is 6.42 Å². The molecule has 0 atom stereocenters. The number of aryl methyl sites for hydroxylation is 1. The molecule has 2 aromatic rings. The van der Waals surface area contributed by atoms with Crippen LogP contribution in [0.2, 0.25) is 0 Å². The molecular formula is C16H24N4S. The summed E-state index contributed by atoms with van der Waals surface area (Å²) in [4.78, 5) is 4.55. The third kappa shape index (κ3) is 5.81. The predicted octanol–water partition coefficient (Wildman–Crippen LogP) is 3.37. The molecule has 1 aromatic heterocycles. The first-order chi connectivity index (χ1) is 10.3. The summed E-state index contributed by atoms with van der Waals surface area (Å²) in [5, 5.41) is 4.28. The van der Waals surface area contributed by atoms with Crippen LogP contribution in [0.1, 0.15) is 42.6 Å². The molecule has 2 rings (SSSR count). The van der Waals surface area contributed by atoms with Crippen molar-refractivity contribution < 1.29 is 0 Å². The van der Waals surface area contributed by atoms with Crippen LogP contribution in [-0.4, -0.2) is 22.4 Å². The summed E-state index contributed by atoms with van der Waals surface area (Å²) in [6.07, 6.45) is 5.52. The van der Waals surface area contributed by atoms with Crippen molar-refractivity contribution in [3.05, 3.63) is 41.2 Å². The van der Waals surface area contributed by atoms with E-state index in [0.29, 0.717) is 0 Å². The number of hydrogen-bond donors (Lipinski definition) is 2. The maximum atomic E-state index is 5.48. The Hall–Kier alpha value is -1.46. The number of rotatable bonds is 9. The van der Waals surface area contributed by atoms with Crippen molar-refractivity contribution in [2.45, 2.75) is 39.0 Å². The number of nitrogens with one attached hydrogen (secondary N) is 1. The quantitative estimate of drug-likeness (QED) is 0.697. The Balaban J connectivity index is 1.74. The first-order valence-electron chi connectivity index (χ1n) is 7.60. The van der Waals surface area contributed by atoms with E-state index in [9.17, 15) is 0 Å². The highest BCUT2D eigenvalue weighted by Crippen LogP contribution is 2.15. The highest BCUT2D eigenvalue weighted by Gasteiger charge is 2.04. The lowest BCUT2D eigenvalue weighted by Crippen LogP contribution is -2.02. The molecule has 0 radical (unpaired) electrons. The second-order valence-electron chi connectivity index (χ2n) is 5.31. The van der Waals surface area contributed by atoms with Crippen molar-refractivity contribution in [3.63, 3.8) is 0 Å². The van der Waals surface area contributed by atoms with Crippen molar-refractivity contribution in [1.82, 2.24) is 9.36 Å². The number of nitrogens with two attached hydrogens (primary N) is 1. The van der Waals surface area contributed by atoms with Gasteiger partial charge in [-0.3, -0.25) is 0 Å². The Labute approximate surface area is 131 Å². The van der Waals surface area contributed by atoms with E-state index in [4.69, 9.17) is 5.73 Å². The van der Waals surface area contributed by atoms with Gasteiger partial charge in [0.1, 0.15) is 5.82 Å². The van der Waals surface area contributed by atoms with Crippen LogP contribution in [0.5, 0.6) is 0 Å². The highest BCUT2D eigenvalue weighted by molar-refractivity contribution is 7.09. The first kappa shape index (κ1) is 15.9. The van der Waals surface area contributed by atoms with Gasteiger partial charge >= 0.3 is 0 Å². The lowest BCUT2D eigenvalue weighted by molar-refractivity contribution is 0.661. The number of aromatic nitrogens is 2. The van der Waals surface area contributed by atoms with E-state index in [-0.39, 0.29) is 0 Å². The minimum atomic E-state index is 0.798. The monoisotopic (exact) mass is 304 g/mol. The zero-order valence-electron chi connectivity index (χ0n) is 12.6. The molecule has 1 aromatic carbocycles. The molecule has 0 amide bonds. The third-order valence-electron chi connectivity index (χ3n) is 3.32. The maximum absolute atomic E-state index is 5.48. The highest BCUT2D eigenvalue weighted by atomic mass is 32.1. The average molecular weight is 304 g/mol. The number of benzene rings is 1. The lowest BCUT2D eigenvalue weighted by atomic mass is 10.1. The Morgan fingerprint density at radius 1 is 1.19 bits per heavy atom. The van der Waals surface area contributed by atoms with Gasteiger partial charge in [-0.05, 0) is 31.9 Å². The number of anilines is 1. The summed E-state index contributed by atoms with van der Waals surface area (Å²) >= 11 is 1.45. The third-order valence-corrected chi connectivity index (χ3v) is 4.03. The van der Waals surface area contributed by atoms with Crippen LogP contribution >= 0.6 is 11.5 Å². The van der Waals surface area contributed by atoms with Gasteiger partial charge < -0.3 is 11.1 Å². The van der Waals surface area contributed by atoms with Gasteiger partial charge in [-0.1, -0.05) is 42.7 Å². The van der Waals surface area contributed by atoms with Gasteiger partial charge in [0, 0.05) is 24.5 Å². The van der Waals surface area contributed by atoms with E-state index in [1.807, 2.05) is 0 Å². The Bertz CT molecular complexity index is 539. The van der Waals surface area contributed by atoms with E-state index in [0.717, 1.165) is 43.3 Å². The molecule has 4 nitrogen and oxygen atoms in total. The summed E-state index contributed by atoms with van der Waals surface area (Å²) in [6.45, 7) is 3.87. The van der Waals surface area contributed by atoms with E-state index >= 15 is 0 Å². The van der Waals surface area contributed by atoms with Crippen molar-refractivity contribution in [3.8, 4) is 0 Å². The first-order valence-corrected chi connectivity index (χ1v) is 8.37. The molecule has 0 unspecified atom stereocenters. The SMILES string of the molecule is Cc1cccc(Cc2nsc(NCCCCCCN)n2)c1. The summed E-state index contributed by atoms with van der Waals surface area (Å²) in [6, 6.07) is 8.50. The molecule has 0 saturated carbocycles. The molecular weight excluding hydrogens is 280 g/mol. The number of nitrogens with zero attached hydrogens (tertiary/aromatic N) is 2. The van der Waals surface area contributed by atoms with Gasteiger partial charge in [-0.25, -0.2) is 4.98 Å². The zero-order chi connectivity index (χ0) is 14.9. The van der Waals surface area contributed by atoms with Crippen molar-refractivity contribution >= 4 is 16.7 Å². The van der Waals surface area contributed by atoms with Crippen molar-refractivity contribution in [2.75, 3.05) is 18.4 Å². The molecule has 0 aliphatic carbocycles. The van der Waals surface area contributed by atoms with Crippen molar-refractivity contribution in [2.24, 2.45) is 5.73 Å². The molecule has 0 fully saturated rings. The van der Waals surface area contributed by atoms with Gasteiger partial charge in [0.05, 0.1) is 0 Å². The number of unbranched alkanes of at least 4 members (excludes halogenated alkanes) is 3. The Kier molecular flexibility index (Phi) is 6.63. The summed E-state index contributed by atoms with van der Waals surface area (Å²) in [5.41, 5.74) is 8.02. The zero-order valence-corrected chi connectivity index (χ0v) is 13.5. The molecule has 1 heterocycles. The minimum absolute atomic E-state index is 0.798. The van der Waals surface area contributed by atoms with Gasteiger partial charge in [-0.15, -0.1) is 0 Å². The average Bonchev–Trinajstić information content (AvgIpc) is 2.90. The molecule has 114 valence electrons. The van der Waals surface area contributed by atoms with Crippen LogP contribution in [0.4, 0.5) is 5.13 Å². The molecule has 5 heteroatoms. The van der Waals surface area contributed by atoms with E-state index in [2.05, 4.69) is 45.9 Å². The van der Waals surface area contributed by atoms with Crippen molar-refractivity contribution in [1.29, 1.82) is 0 Å². The van der Waals surface area contributed by atoms with Crippen LogP contribution in [0.15, 0.2) is 24.3 Å². The normalized spacial score (nSPS) is 10.8. The van der Waals surface area contributed by atoms with E-state index < -0.39 is 0 Å². The maximum Gasteiger partial charge on any atom is 0.202 e. The largest absolute Gasteiger partial charge is 0.360 e. The lowest BCUT2D eigenvalue weighted by Gasteiger charge is -2.01. The molecule has 21 heavy (non-hydrogen) atoms. The molecule has 0 spiro atoms. The Morgan fingerprint density at radius 3 is 2.86 bits per heavy atom. The smallest absolute Gasteiger partial charge is 0.202 e. The van der Waals surface area contributed by atoms with E-state index in [1.165, 1.54) is 35.5 Å². The second-order valence-corrected chi connectivity index (χ2v) is 6.06. The predicted molar refractivity (Wildman–Crippen MR) is 89.9 cm³/mol. The fourth-order valence-electron chi connectivity index (χ4n) is 2.22. The molecule has 3 N–H and O–H groups in total.